The van der Waals surface area contributed by atoms with Crippen LogP contribution in [0.3, 0.4) is 0 Å². The van der Waals surface area contributed by atoms with Gasteiger partial charge in [0, 0.05) is 43.1 Å². The van der Waals surface area contributed by atoms with Crippen LogP contribution in [0, 0.1) is 0 Å². The van der Waals surface area contributed by atoms with Gasteiger partial charge in [-0.15, -0.1) is 0 Å². The summed E-state index contributed by atoms with van der Waals surface area (Å²) in [6.07, 6.45) is 2.75. The van der Waals surface area contributed by atoms with E-state index in [1.165, 1.54) is 72.8 Å². The summed E-state index contributed by atoms with van der Waals surface area (Å²) in [4.78, 5) is 69.6. The van der Waals surface area contributed by atoms with Gasteiger partial charge < -0.3 is 18.9 Å². The van der Waals surface area contributed by atoms with Gasteiger partial charge in [-0.2, -0.15) is 33.7 Å². The van der Waals surface area contributed by atoms with Crippen molar-refractivity contribution in [2.75, 3.05) is 9.80 Å². The minimum absolute atomic E-state index is 0.0735. The Kier molecular flexibility index (Phi) is 21.3. The predicted octanol–water partition coefficient (Wildman–Crippen LogP) is 23.2. The molecule has 21 rings (SSSR count). The Morgan fingerprint density at radius 2 is 0.396 bits per heavy atom. The maximum absolute atomic E-state index is 17.4. The summed E-state index contributed by atoms with van der Waals surface area (Å²) in [5.41, 5.74) is 5.95. The number of aryl methyl sites for hydroxylation is 8. The monoisotopic (exact) mass is 1850 g/mol. The highest BCUT2D eigenvalue weighted by Crippen LogP contribution is 2.59. The lowest BCUT2D eigenvalue weighted by Crippen LogP contribution is -2.42. The number of carbonyl (C=O) groups is 4. The number of imide groups is 2. The summed E-state index contributed by atoms with van der Waals surface area (Å²) in [5.74, 6) is -5.20. The lowest BCUT2D eigenvalue weighted by Gasteiger charge is -2.34. The van der Waals surface area contributed by atoms with Gasteiger partial charge in [-0.05, 0) is 260 Å². The fourth-order valence-corrected chi connectivity index (χ4v) is 21.2. The molecule has 0 aromatic heterocycles. The Hall–Kier alpha value is -15.4. The number of fused-ring (bicyclic) bond motifs is 6. The van der Waals surface area contributed by atoms with E-state index in [1.54, 1.807) is 0 Å². The normalized spacial score (nSPS) is 13.1. The van der Waals surface area contributed by atoms with Crippen LogP contribution in [-0.4, -0.2) is 75.5 Å². The molecule has 0 atom stereocenters. The largest absolute Gasteiger partial charge is 0.457 e. The quantitative estimate of drug-likeness (QED) is 0.0169. The first-order chi connectivity index (χ1) is 64.6. The molecule has 660 valence electrons. The van der Waals surface area contributed by atoms with Crippen LogP contribution in [0.25, 0.3) is 86.2 Å². The average Bonchev–Trinajstić information content (AvgIpc) is 0.667. The van der Waals surface area contributed by atoms with E-state index in [0.717, 1.165) is 124 Å². The first-order valence-corrected chi connectivity index (χ1v) is 48.6. The molecular formula is C108H74N2O20S4. The molecule has 0 bridgehead atoms. The molecular weight excluding hydrogens is 1770 g/mol. The predicted molar refractivity (Wildman–Crippen MR) is 514 cm³/mol. The molecule has 134 heavy (non-hydrogen) atoms. The molecule has 2 aliphatic heterocycles. The molecule has 0 aliphatic carbocycles. The molecule has 0 saturated heterocycles. The molecule has 19 aromatic rings. The van der Waals surface area contributed by atoms with E-state index < -0.39 is 83.7 Å². The number of rotatable bonds is 26. The summed E-state index contributed by atoms with van der Waals surface area (Å²) in [6.45, 7) is 0. The van der Waals surface area contributed by atoms with Gasteiger partial charge in [-0.3, -0.25) is 37.4 Å². The van der Waals surface area contributed by atoms with Gasteiger partial charge in [0.2, 0.25) is 0 Å². The Morgan fingerprint density at radius 3 is 0.612 bits per heavy atom. The van der Waals surface area contributed by atoms with Gasteiger partial charge in [-0.25, -0.2) is 9.80 Å². The molecule has 2 aliphatic rings. The Balaban J connectivity index is 0.868. The van der Waals surface area contributed by atoms with Crippen molar-refractivity contribution >= 4 is 162 Å². The molecule has 0 unspecified atom stereocenters. The van der Waals surface area contributed by atoms with Crippen LogP contribution >= 0.6 is 0 Å². The van der Waals surface area contributed by atoms with Gasteiger partial charge in [-0.1, -0.05) is 206 Å². The van der Waals surface area contributed by atoms with E-state index in [-0.39, 0.29) is 148 Å². The maximum Gasteiger partial charge on any atom is 0.294 e. The molecule has 0 spiro atoms. The summed E-state index contributed by atoms with van der Waals surface area (Å²) >= 11 is 0. The second-order valence-corrected chi connectivity index (χ2v) is 38.9. The Labute approximate surface area is 767 Å². The SMILES string of the molecule is O=C1c2cc(Oc3ccc(S(=O)(=O)O)cc3)c3c4c(Oc5ccc(S(=O)(=O)O)cc5)cc5c6c(cc(Oc7ccc(S(=O)(=O)O)cc7)c(c7c(Oc8ccc(S(=O)(=O)O)cc8)cc(c2c37)C(=O)N1c1c(CCc2cccc3ccccc23)cccc1CCc1cccc2ccccc12)c64)C(=O)N(c1c(CCc2cccc3ccccc23)cccc1CCc1cccc2ccccc12)C5=O. The highest BCUT2D eigenvalue weighted by Gasteiger charge is 2.45. The van der Waals surface area contributed by atoms with Crippen LogP contribution < -0.4 is 28.7 Å². The third kappa shape index (κ3) is 15.6. The van der Waals surface area contributed by atoms with Gasteiger partial charge in [0.1, 0.15) is 46.0 Å². The summed E-state index contributed by atoms with van der Waals surface area (Å²) in [7, 11) is -19.5. The molecule has 2 heterocycles. The highest BCUT2D eigenvalue weighted by atomic mass is 32.2. The second kappa shape index (κ2) is 33.5. The fraction of sp³-hybridized carbons (Fsp3) is 0.0741. The third-order valence-electron chi connectivity index (χ3n) is 25.3. The van der Waals surface area contributed by atoms with Gasteiger partial charge >= 0.3 is 0 Å². The van der Waals surface area contributed by atoms with Crippen molar-refractivity contribution in [2.45, 2.75) is 70.9 Å². The number of ether oxygens (including phenoxy) is 4. The minimum atomic E-state index is -4.88. The van der Waals surface area contributed by atoms with E-state index in [1.807, 2.05) is 206 Å². The smallest absolute Gasteiger partial charge is 0.294 e. The number of nitrogens with zero attached hydrogens (tertiary/aromatic N) is 2. The Bertz CT molecular complexity index is 7700. The van der Waals surface area contributed by atoms with Gasteiger partial charge in [0.05, 0.1) is 53.2 Å². The van der Waals surface area contributed by atoms with Crippen molar-refractivity contribution < 1.29 is 90.0 Å². The zero-order valence-electron chi connectivity index (χ0n) is 70.7. The molecule has 26 heteroatoms. The first kappa shape index (κ1) is 85.4. The first-order valence-electron chi connectivity index (χ1n) is 42.9. The zero-order chi connectivity index (χ0) is 92.4. The molecule has 22 nitrogen and oxygen atoms in total. The van der Waals surface area contributed by atoms with Crippen LogP contribution in [0.1, 0.15) is 85.9 Å². The zero-order valence-corrected chi connectivity index (χ0v) is 73.9. The molecule has 0 radical (unpaired) electrons. The average molecular weight is 1850 g/mol. The fourth-order valence-electron chi connectivity index (χ4n) is 19.3. The highest BCUT2D eigenvalue weighted by molar-refractivity contribution is 7.86. The van der Waals surface area contributed by atoms with E-state index >= 15 is 19.2 Å². The van der Waals surface area contributed by atoms with Crippen molar-refractivity contribution in [3.63, 3.8) is 0 Å². The van der Waals surface area contributed by atoms with E-state index in [4.69, 9.17) is 18.9 Å². The number of para-hydroxylation sites is 2. The van der Waals surface area contributed by atoms with Crippen molar-refractivity contribution in [3.8, 4) is 46.0 Å². The minimum Gasteiger partial charge on any atom is -0.457 e. The van der Waals surface area contributed by atoms with Crippen molar-refractivity contribution in [2.24, 2.45) is 0 Å². The number of hydrogen-bond donors (Lipinski definition) is 4. The third-order valence-corrected chi connectivity index (χ3v) is 28.8. The lowest BCUT2D eigenvalue weighted by atomic mass is 9.80. The molecule has 19 aromatic carbocycles. The van der Waals surface area contributed by atoms with Crippen molar-refractivity contribution in [1.29, 1.82) is 0 Å². The topological polar surface area (TPSA) is 329 Å². The lowest BCUT2D eigenvalue weighted by molar-refractivity contribution is 0.0877. The molecule has 0 fully saturated rings. The molecule has 4 N–H and O–H groups in total. The standard InChI is InChI=1S/C108H74N2O20S4/c111-105-87-59-91(127-75-43-51-79(52-44-75)131(115,116)117)97-99-93(129-77-47-55-81(56-48-77)133(121,122)123)61-89-96-90(108(114)110(107(89)113)104-73(41-37-69-25-11-21-65-17-3-7-33-85(65)69)29-14-30-74(104)42-38-70-26-12-22-66-18-4-8-34-86(66)70)62-94(130-78-49-57-82(58-50-78)134(124,125)126)100(102(96)99)98-92(128-76-45-53-80(54-46-76)132(118,119)120)60-88(95(87)101(97)98)106(112)109(105)103-71(39-35-67-23-9-19-63-15-1-5-31-83(63)67)27-13-28-72(103)40-36-68-24-10-20-64-16-2-6-32-84(64)68/h1-34,43-62H,35-42H2,(H,115,116,117)(H,118,119,120)(H,121,122,123)(H,124,125,126). The van der Waals surface area contributed by atoms with Crippen LogP contribution in [0.4, 0.5) is 11.4 Å². The number of hydrogen-bond acceptors (Lipinski definition) is 16. The molecule has 0 saturated carbocycles. The number of amides is 4. The van der Waals surface area contributed by atoms with Crippen molar-refractivity contribution in [3.05, 3.63) is 394 Å². The van der Waals surface area contributed by atoms with Gasteiger partial charge in [0.25, 0.3) is 64.1 Å². The van der Waals surface area contributed by atoms with E-state index in [0.29, 0.717) is 47.9 Å². The van der Waals surface area contributed by atoms with Crippen molar-refractivity contribution in [1.82, 2.24) is 0 Å². The maximum atomic E-state index is 17.4. The Morgan fingerprint density at radius 1 is 0.209 bits per heavy atom. The van der Waals surface area contributed by atoms with E-state index in [2.05, 4.69) is 0 Å². The number of anilines is 2. The number of benzene rings is 19. The van der Waals surface area contributed by atoms with E-state index in [9.17, 15) is 51.9 Å². The molecule has 4 amide bonds. The number of carbonyl (C=O) groups excluding carboxylic acids is 4. The van der Waals surface area contributed by atoms with Crippen LogP contribution in [0.5, 0.6) is 46.0 Å². The summed E-state index contributed by atoms with van der Waals surface area (Å²) in [6, 6.07) is 91.1. The summed E-state index contributed by atoms with van der Waals surface area (Å²) in [5, 5.41) is 7.24. The summed E-state index contributed by atoms with van der Waals surface area (Å²) < 4.78 is 174. The van der Waals surface area contributed by atoms with Gasteiger partial charge in [0.15, 0.2) is 0 Å². The van der Waals surface area contributed by atoms with Crippen LogP contribution in [0.15, 0.2) is 347 Å². The second-order valence-electron chi connectivity index (χ2n) is 33.2. The van der Waals surface area contributed by atoms with Crippen LogP contribution in [-0.2, 0) is 91.8 Å². The van der Waals surface area contributed by atoms with Crippen LogP contribution in [0.2, 0.25) is 0 Å².